The summed E-state index contributed by atoms with van der Waals surface area (Å²) in [5.74, 6) is 0.346. The minimum Gasteiger partial charge on any atom is -0.315 e. The largest absolute Gasteiger partial charge is 0.315 e. The molecule has 1 aliphatic rings. The molecule has 1 amide bonds. The van der Waals surface area contributed by atoms with Crippen LogP contribution < -0.4 is 4.90 Å². The Bertz CT molecular complexity index is 346. The van der Waals surface area contributed by atoms with Crippen LogP contribution >= 0.6 is 0 Å². The molecule has 0 saturated carbocycles. The van der Waals surface area contributed by atoms with Crippen molar-refractivity contribution < 1.29 is 4.79 Å². The Kier molecular flexibility index (Phi) is 1.83. The number of nitrogens with zero attached hydrogens (tertiary/aromatic N) is 1. The zero-order chi connectivity index (χ0) is 9.42. The number of hydrogen-bond donors (Lipinski definition) is 0. The number of fused-ring (bicyclic) bond motifs is 1. The monoisotopic (exact) mass is 175 g/mol. The van der Waals surface area contributed by atoms with Gasteiger partial charge in [0.25, 0.3) is 0 Å². The third kappa shape index (κ3) is 1.22. The van der Waals surface area contributed by atoms with Crippen molar-refractivity contribution in [1.82, 2.24) is 0 Å². The number of rotatable bonds is 0. The predicted octanol–water partition coefficient (Wildman–Crippen LogP) is 1.84. The molecule has 0 spiro atoms. The van der Waals surface area contributed by atoms with Crippen molar-refractivity contribution in [2.45, 2.75) is 13.3 Å². The van der Waals surface area contributed by atoms with Crippen LogP contribution in [0.2, 0.25) is 0 Å². The first-order valence-corrected chi connectivity index (χ1v) is 4.55. The van der Waals surface area contributed by atoms with Crippen molar-refractivity contribution in [2.24, 2.45) is 5.92 Å². The highest BCUT2D eigenvalue weighted by Gasteiger charge is 2.26. The average Bonchev–Trinajstić information content (AvgIpc) is 2.15. The molecule has 2 rings (SSSR count). The lowest BCUT2D eigenvalue weighted by molar-refractivity contribution is -0.121. The van der Waals surface area contributed by atoms with Crippen LogP contribution in [0.1, 0.15) is 12.5 Å². The highest BCUT2D eigenvalue weighted by molar-refractivity contribution is 5.97. The van der Waals surface area contributed by atoms with Gasteiger partial charge in [-0.15, -0.1) is 0 Å². The fourth-order valence-corrected chi connectivity index (χ4v) is 1.88. The lowest BCUT2D eigenvalue weighted by Crippen LogP contribution is -2.37. The van der Waals surface area contributed by atoms with Gasteiger partial charge in [0, 0.05) is 18.7 Å². The van der Waals surface area contributed by atoms with Crippen molar-refractivity contribution in [1.29, 1.82) is 0 Å². The van der Waals surface area contributed by atoms with Gasteiger partial charge in [-0.3, -0.25) is 4.79 Å². The highest BCUT2D eigenvalue weighted by Crippen LogP contribution is 2.28. The SMILES string of the molecule is C[C@H]1Cc2ccccc2N(C)C1=O. The molecule has 0 aromatic heterocycles. The fourth-order valence-electron chi connectivity index (χ4n) is 1.88. The van der Waals surface area contributed by atoms with Crippen LogP contribution in [0.15, 0.2) is 24.3 Å². The first-order valence-electron chi connectivity index (χ1n) is 4.55. The molecule has 1 aromatic rings. The molecule has 0 N–H and O–H groups in total. The van der Waals surface area contributed by atoms with Crippen LogP contribution in [-0.2, 0) is 11.2 Å². The molecule has 0 radical (unpaired) electrons. The van der Waals surface area contributed by atoms with Gasteiger partial charge in [-0.05, 0) is 18.1 Å². The average molecular weight is 175 g/mol. The van der Waals surface area contributed by atoms with E-state index in [9.17, 15) is 4.79 Å². The summed E-state index contributed by atoms with van der Waals surface area (Å²) < 4.78 is 0. The molecule has 1 atom stereocenters. The van der Waals surface area contributed by atoms with E-state index < -0.39 is 0 Å². The Balaban J connectivity index is 2.49. The number of carbonyl (C=O) groups is 1. The van der Waals surface area contributed by atoms with Crippen LogP contribution in [-0.4, -0.2) is 13.0 Å². The summed E-state index contributed by atoms with van der Waals surface area (Å²) in [6.45, 7) is 1.98. The smallest absolute Gasteiger partial charge is 0.229 e. The lowest BCUT2D eigenvalue weighted by atomic mass is 9.94. The third-order valence-corrected chi connectivity index (χ3v) is 2.63. The Hall–Kier alpha value is -1.31. The topological polar surface area (TPSA) is 20.3 Å². The molecular formula is C11H13NO. The standard InChI is InChI=1S/C11H13NO/c1-8-7-9-5-3-4-6-10(9)12(2)11(8)13/h3-6,8H,7H2,1-2H3/t8-/m0/s1. The molecule has 0 aliphatic carbocycles. The number of hydrogen-bond acceptors (Lipinski definition) is 1. The summed E-state index contributed by atoms with van der Waals surface area (Å²) in [6, 6.07) is 8.08. The van der Waals surface area contributed by atoms with E-state index in [1.54, 1.807) is 4.90 Å². The molecule has 2 nitrogen and oxygen atoms in total. The summed E-state index contributed by atoms with van der Waals surface area (Å²) in [7, 11) is 1.84. The number of anilines is 1. The first kappa shape index (κ1) is 8.30. The maximum absolute atomic E-state index is 11.6. The molecule has 0 unspecified atom stereocenters. The summed E-state index contributed by atoms with van der Waals surface area (Å²) in [5, 5.41) is 0. The normalized spacial score (nSPS) is 21.5. The number of para-hydroxylation sites is 1. The van der Waals surface area contributed by atoms with Gasteiger partial charge in [-0.1, -0.05) is 25.1 Å². The van der Waals surface area contributed by atoms with Gasteiger partial charge in [-0.25, -0.2) is 0 Å². The Labute approximate surface area is 78.2 Å². The zero-order valence-electron chi connectivity index (χ0n) is 7.95. The maximum atomic E-state index is 11.6. The van der Waals surface area contributed by atoms with E-state index in [0.29, 0.717) is 0 Å². The quantitative estimate of drug-likeness (QED) is 0.589. The molecule has 0 saturated heterocycles. The molecule has 68 valence electrons. The van der Waals surface area contributed by atoms with E-state index >= 15 is 0 Å². The molecule has 2 heteroatoms. The maximum Gasteiger partial charge on any atom is 0.229 e. The van der Waals surface area contributed by atoms with Crippen molar-refractivity contribution >= 4 is 11.6 Å². The first-order chi connectivity index (χ1) is 6.20. The second-order valence-corrected chi connectivity index (χ2v) is 3.63. The van der Waals surface area contributed by atoms with E-state index in [0.717, 1.165) is 12.1 Å². The minimum atomic E-state index is 0.125. The van der Waals surface area contributed by atoms with Gasteiger partial charge < -0.3 is 4.90 Å². The molecule has 0 bridgehead atoms. The summed E-state index contributed by atoms with van der Waals surface area (Å²) >= 11 is 0. The second-order valence-electron chi connectivity index (χ2n) is 3.63. The van der Waals surface area contributed by atoms with Crippen molar-refractivity contribution in [3.63, 3.8) is 0 Å². The predicted molar refractivity (Wildman–Crippen MR) is 52.7 cm³/mol. The number of carbonyl (C=O) groups excluding carboxylic acids is 1. The van der Waals surface area contributed by atoms with Crippen molar-refractivity contribution in [3.05, 3.63) is 29.8 Å². The summed E-state index contributed by atoms with van der Waals surface area (Å²) in [5.41, 5.74) is 2.34. The van der Waals surface area contributed by atoms with E-state index in [1.807, 2.05) is 32.2 Å². The van der Waals surface area contributed by atoms with E-state index in [4.69, 9.17) is 0 Å². The minimum absolute atomic E-state index is 0.125. The second kappa shape index (κ2) is 2.87. The van der Waals surface area contributed by atoms with Gasteiger partial charge in [-0.2, -0.15) is 0 Å². The molecular weight excluding hydrogens is 162 g/mol. The Morgan fingerprint density at radius 3 is 2.85 bits per heavy atom. The van der Waals surface area contributed by atoms with E-state index in [2.05, 4.69) is 6.07 Å². The summed E-state index contributed by atoms with van der Waals surface area (Å²) in [4.78, 5) is 13.4. The van der Waals surface area contributed by atoms with Crippen LogP contribution in [0.5, 0.6) is 0 Å². The zero-order valence-corrected chi connectivity index (χ0v) is 7.95. The van der Waals surface area contributed by atoms with Gasteiger partial charge >= 0.3 is 0 Å². The van der Waals surface area contributed by atoms with Gasteiger partial charge in [0.2, 0.25) is 5.91 Å². The Morgan fingerprint density at radius 2 is 2.08 bits per heavy atom. The van der Waals surface area contributed by atoms with Crippen molar-refractivity contribution in [2.75, 3.05) is 11.9 Å². The van der Waals surface area contributed by atoms with Crippen LogP contribution in [0, 0.1) is 5.92 Å². The van der Waals surface area contributed by atoms with Crippen LogP contribution in [0.25, 0.3) is 0 Å². The molecule has 13 heavy (non-hydrogen) atoms. The molecule has 1 aromatic carbocycles. The van der Waals surface area contributed by atoms with Crippen LogP contribution in [0.4, 0.5) is 5.69 Å². The summed E-state index contributed by atoms with van der Waals surface area (Å²) in [6.07, 6.45) is 0.874. The van der Waals surface area contributed by atoms with E-state index in [1.165, 1.54) is 5.56 Å². The van der Waals surface area contributed by atoms with Gasteiger partial charge in [0.1, 0.15) is 0 Å². The van der Waals surface area contributed by atoms with Crippen molar-refractivity contribution in [3.8, 4) is 0 Å². The van der Waals surface area contributed by atoms with E-state index in [-0.39, 0.29) is 11.8 Å². The van der Waals surface area contributed by atoms with Crippen LogP contribution in [0.3, 0.4) is 0 Å². The third-order valence-electron chi connectivity index (χ3n) is 2.63. The molecule has 1 aliphatic heterocycles. The van der Waals surface area contributed by atoms with Gasteiger partial charge in [0.05, 0.1) is 0 Å². The van der Waals surface area contributed by atoms with Gasteiger partial charge in [0.15, 0.2) is 0 Å². The highest BCUT2D eigenvalue weighted by atomic mass is 16.2. The Morgan fingerprint density at radius 1 is 1.38 bits per heavy atom. The fraction of sp³-hybridized carbons (Fsp3) is 0.364. The number of benzene rings is 1. The lowest BCUT2D eigenvalue weighted by Gasteiger charge is -2.29. The molecule has 1 heterocycles. The number of amides is 1. The molecule has 0 fully saturated rings.